The molecule has 1 saturated heterocycles. The summed E-state index contributed by atoms with van der Waals surface area (Å²) in [6, 6.07) is 1.62. The smallest absolute Gasteiger partial charge is 0.0431 e. The molecule has 2 aliphatic rings. The number of hydrogen-bond acceptors (Lipinski definition) is 3. The molecule has 3 nitrogen and oxygen atoms in total. The lowest BCUT2D eigenvalue weighted by molar-refractivity contribution is 0.230. The minimum Gasteiger partial charge on any atom is -0.396 e. The van der Waals surface area contributed by atoms with Crippen molar-refractivity contribution in [3.05, 3.63) is 0 Å². The van der Waals surface area contributed by atoms with Crippen molar-refractivity contribution in [2.45, 2.75) is 58.0 Å². The molecule has 1 atom stereocenters. The van der Waals surface area contributed by atoms with E-state index in [0.29, 0.717) is 18.1 Å². The lowest BCUT2D eigenvalue weighted by atomic mass is 9.87. The summed E-state index contributed by atoms with van der Waals surface area (Å²) in [5.74, 6) is 0. The summed E-state index contributed by atoms with van der Waals surface area (Å²) in [4.78, 5) is 2.65. The Labute approximate surface area is 106 Å². The van der Waals surface area contributed by atoms with E-state index in [4.69, 9.17) is 5.11 Å². The van der Waals surface area contributed by atoms with Gasteiger partial charge in [0.1, 0.15) is 0 Å². The SMILES string of the molecule is CC(C)(CCCO)CNC1CCN(C2CC2)C1. The molecule has 0 aromatic carbocycles. The highest BCUT2D eigenvalue weighted by Crippen LogP contribution is 2.30. The number of nitrogens with zero attached hydrogens (tertiary/aromatic N) is 1. The van der Waals surface area contributed by atoms with Crippen LogP contribution < -0.4 is 5.32 Å². The summed E-state index contributed by atoms with van der Waals surface area (Å²) in [5, 5.41) is 12.6. The van der Waals surface area contributed by atoms with Crippen molar-refractivity contribution in [1.29, 1.82) is 0 Å². The van der Waals surface area contributed by atoms with E-state index in [1.54, 1.807) is 0 Å². The lowest BCUT2D eigenvalue weighted by Gasteiger charge is -2.27. The van der Waals surface area contributed by atoms with Gasteiger partial charge in [-0.1, -0.05) is 13.8 Å². The molecular formula is C14H28N2O. The maximum absolute atomic E-state index is 8.88. The quantitative estimate of drug-likeness (QED) is 0.710. The van der Waals surface area contributed by atoms with E-state index in [1.165, 1.54) is 32.4 Å². The van der Waals surface area contributed by atoms with Gasteiger partial charge in [0.15, 0.2) is 0 Å². The Bertz CT molecular complexity index is 238. The Kier molecular flexibility index (Phi) is 4.45. The molecule has 1 aliphatic carbocycles. The monoisotopic (exact) mass is 240 g/mol. The van der Waals surface area contributed by atoms with Crippen molar-refractivity contribution in [2.75, 3.05) is 26.2 Å². The van der Waals surface area contributed by atoms with Gasteiger partial charge in [-0.3, -0.25) is 4.90 Å². The van der Waals surface area contributed by atoms with Crippen molar-refractivity contribution in [3.63, 3.8) is 0 Å². The normalized spacial score (nSPS) is 26.6. The Morgan fingerprint density at radius 1 is 1.29 bits per heavy atom. The topological polar surface area (TPSA) is 35.5 Å². The van der Waals surface area contributed by atoms with Crippen LogP contribution >= 0.6 is 0 Å². The summed E-state index contributed by atoms with van der Waals surface area (Å²) in [6.45, 7) is 8.53. The van der Waals surface area contributed by atoms with Gasteiger partial charge in [0, 0.05) is 38.3 Å². The summed E-state index contributed by atoms with van der Waals surface area (Å²) in [7, 11) is 0. The first-order chi connectivity index (χ1) is 8.11. The van der Waals surface area contributed by atoms with Crippen LogP contribution in [0.4, 0.5) is 0 Å². The second-order valence-corrected chi connectivity index (χ2v) is 6.58. The van der Waals surface area contributed by atoms with Gasteiger partial charge in [-0.2, -0.15) is 0 Å². The minimum atomic E-state index is 0.315. The van der Waals surface area contributed by atoms with Crippen LogP contribution in [0.1, 0.15) is 46.0 Å². The van der Waals surface area contributed by atoms with Crippen LogP contribution in [0.15, 0.2) is 0 Å². The van der Waals surface area contributed by atoms with E-state index < -0.39 is 0 Å². The number of aliphatic hydroxyl groups excluding tert-OH is 1. The third-order valence-corrected chi connectivity index (χ3v) is 4.16. The van der Waals surface area contributed by atoms with E-state index in [0.717, 1.165) is 25.4 Å². The number of likely N-dealkylation sites (tertiary alicyclic amines) is 1. The van der Waals surface area contributed by atoms with E-state index in [9.17, 15) is 0 Å². The zero-order valence-electron chi connectivity index (χ0n) is 11.4. The highest BCUT2D eigenvalue weighted by Gasteiger charge is 2.34. The van der Waals surface area contributed by atoms with Crippen LogP contribution in [0.25, 0.3) is 0 Å². The van der Waals surface area contributed by atoms with Crippen LogP contribution in [0.2, 0.25) is 0 Å². The Morgan fingerprint density at radius 3 is 2.71 bits per heavy atom. The third kappa shape index (κ3) is 4.23. The summed E-state index contributed by atoms with van der Waals surface area (Å²) < 4.78 is 0. The first kappa shape index (κ1) is 13.3. The fourth-order valence-electron chi connectivity index (χ4n) is 2.79. The molecule has 0 bridgehead atoms. The van der Waals surface area contributed by atoms with Gasteiger partial charge in [0.25, 0.3) is 0 Å². The first-order valence-electron chi connectivity index (χ1n) is 7.19. The Hall–Kier alpha value is -0.120. The van der Waals surface area contributed by atoms with Crippen molar-refractivity contribution >= 4 is 0 Å². The van der Waals surface area contributed by atoms with Crippen LogP contribution in [0.5, 0.6) is 0 Å². The molecule has 0 aromatic rings. The van der Waals surface area contributed by atoms with E-state index in [1.807, 2.05) is 0 Å². The molecule has 0 spiro atoms. The van der Waals surface area contributed by atoms with Crippen LogP contribution in [-0.4, -0.2) is 48.3 Å². The molecule has 3 heteroatoms. The van der Waals surface area contributed by atoms with Crippen LogP contribution in [0.3, 0.4) is 0 Å². The molecule has 2 N–H and O–H groups in total. The molecular weight excluding hydrogens is 212 g/mol. The Morgan fingerprint density at radius 2 is 2.06 bits per heavy atom. The summed E-state index contributed by atoms with van der Waals surface area (Å²) in [6.07, 6.45) is 6.19. The molecule has 0 radical (unpaired) electrons. The fourth-order valence-corrected chi connectivity index (χ4v) is 2.79. The van der Waals surface area contributed by atoms with Gasteiger partial charge >= 0.3 is 0 Å². The van der Waals surface area contributed by atoms with Crippen LogP contribution in [0, 0.1) is 5.41 Å². The molecule has 1 heterocycles. The number of aliphatic hydroxyl groups is 1. The van der Waals surface area contributed by atoms with Gasteiger partial charge in [-0.25, -0.2) is 0 Å². The lowest BCUT2D eigenvalue weighted by Crippen LogP contribution is -2.39. The van der Waals surface area contributed by atoms with Gasteiger partial charge < -0.3 is 10.4 Å². The molecule has 0 aromatic heterocycles. The molecule has 100 valence electrons. The predicted molar refractivity (Wildman–Crippen MR) is 71.1 cm³/mol. The van der Waals surface area contributed by atoms with E-state index >= 15 is 0 Å². The number of hydrogen-bond donors (Lipinski definition) is 2. The molecule has 17 heavy (non-hydrogen) atoms. The Balaban J connectivity index is 1.64. The standard InChI is InChI=1S/C14H28N2O/c1-14(2,7-3-9-17)11-15-12-6-8-16(10-12)13-4-5-13/h12-13,15,17H,3-11H2,1-2H3. The molecule has 1 aliphatic heterocycles. The second kappa shape index (κ2) is 5.68. The molecule has 1 unspecified atom stereocenters. The number of nitrogens with one attached hydrogen (secondary N) is 1. The minimum absolute atomic E-state index is 0.315. The summed E-state index contributed by atoms with van der Waals surface area (Å²) >= 11 is 0. The predicted octanol–water partition coefficient (Wildman–Crippen LogP) is 1.61. The maximum Gasteiger partial charge on any atom is 0.0431 e. The largest absolute Gasteiger partial charge is 0.396 e. The fraction of sp³-hybridized carbons (Fsp3) is 1.00. The average molecular weight is 240 g/mol. The highest BCUT2D eigenvalue weighted by molar-refractivity contribution is 4.92. The first-order valence-corrected chi connectivity index (χ1v) is 7.19. The highest BCUT2D eigenvalue weighted by atomic mass is 16.2. The van der Waals surface area contributed by atoms with Crippen LogP contribution in [-0.2, 0) is 0 Å². The molecule has 1 saturated carbocycles. The van der Waals surface area contributed by atoms with Crippen molar-refractivity contribution < 1.29 is 5.11 Å². The third-order valence-electron chi connectivity index (χ3n) is 4.16. The molecule has 0 amide bonds. The van der Waals surface area contributed by atoms with Gasteiger partial charge in [0.2, 0.25) is 0 Å². The maximum atomic E-state index is 8.88. The molecule has 2 fully saturated rings. The zero-order valence-corrected chi connectivity index (χ0v) is 11.4. The van der Waals surface area contributed by atoms with Gasteiger partial charge in [-0.05, 0) is 37.5 Å². The second-order valence-electron chi connectivity index (χ2n) is 6.58. The van der Waals surface area contributed by atoms with E-state index in [-0.39, 0.29) is 0 Å². The zero-order chi connectivity index (χ0) is 12.3. The van der Waals surface area contributed by atoms with Gasteiger partial charge in [-0.15, -0.1) is 0 Å². The van der Waals surface area contributed by atoms with Crippen molar-refractivity contribution in [1.82, 2.24) is 10.2 Å². The summed E-state index contributed by atoms with van der Waals surface area (Å²) in [5.41, 5.74) is 0.315. The van der Waals surface area contributed by atoms with Crippen molar-refractivity contribution in [3.8, 4) is 0 Å². The van der Waals surface area contributed by atoms with E-state index in [2.05, 4.69) is 24.1 Å². The van der Waals surface area contributed by atoms with Gasteiger partial charge in [0.05, 0.1) is 0 Å². The molecule has 2 rings (SSSR count). The van der Waals surface area contributed by atoms with Crippen molar-refractivity contribution in [2.24, 2.45) is 5.41 Å². The average Bonchev–Trinajstić information content (AvgIpc) is 3.04. The number of rotatable bonds is 7.